The van der Waals surface area contributed by atoms with Crippen molar-refractivity contribution >= 4 is 27.0 Å². The number of halogens is 7. The molecule has 0 saturated carbocycles. The largest absolute Gasteiger partial charge is 0.383 e. The molecule has 0 radical (unpaired) electrons. The summed E-state index contributed by atoms with van der Waals surface area (Å²) in [5.41, 5.74) is -2.51. The van der Waals surface area contributed by atoms with Crippen LogP contribution >= 0.6 is 11.3 Å². The summed E-state index contributed by atoms with van der Waals surface area (Å²) in [6, 6.07) is 5.45. The van der Waals surface area contributed by atoms with Crippen LogP contribution in [0.2, 0.25) is 0 Å². The zero-order chi connectivity index (χ0) is 18.1. The molecule has 1 aromatic heterocycles. The summed E-state index contributed by atoms with van der Waals surface area (Å²) < 4.78 is 95.7. The van der Waals surface area contributed by atoms with Gasteiger partial charge in [-0.1, -0.05) is 6.07 Å². The monoisotopic (exact) mass is 365 g/mol. The first-order chi connectivity index (χ1) is 11.0. The Bertz CT molecular complexity index is 933. The minimum Gasteiger partial charge on any atom is -0.204 e. The number of aryl methyl sites for hydroxylation is 1. The summed E-state index contributed by atoms with van der Waals surface area (Å²) in [6.07, 6.45) is 0. The smallest absolute Gasteiger partial charge is 0.204 e. The van der Waals surface area contributed by atoms with E-state index in [1.165, 1.54) is 19.1 Å². The Balaban J connectivity index is 2.38. The highest BCUT2D eigenvalue weighted by Gasteiger charge is 2.81. The van der Waals surface area contributed by atoms with E-state index in [-0.39, 0.29) is 20.5 Å². The van der Waals surface area contributed by atoms with E-state index in [9.17, 15) is 30.7 Å². The first kappa shape index (κ1) is 16.8. The Morgan fingerprint density at radius 3 is 2.17 bits per heavy atom. The van der Waals surface area contributed by atoms with Crippen LogP contribution < -0.4 is 0 Å². The fourth-order valence-electron chi connectivity index (χ4n) is 2.65. The summed E-state index contributed by atoms with van der Waals surface area (Å²) in [5, 5.41) is 8.73. The number of rotatable bonds is 1. The van der Waals surface area contributed by atoms with E-state index in [1.54, 1.807) is 6.07 Å². The van der Waals surface area contributed by atoms with Gasteiger partial charge < -0.3 is 0 Å². The van der Waals surface area contributed by atoms with Crippen LogP contribution in [-0.4, -0.2) is 17.8 Å². The van der Waals surface area contributed by atoms with Gasteiger partial charge in [-0.15, -0.1) is 11.3 Å². The molecule has 0 spiro atoms. The molecule has 1 aliphatic carbocycles. The third-order valence-corrected chi connectivity index (χ3v) is 4.91. The van der Waals surface area contributed by atoms with E-state index >= 15 is 0 Å². The molecule has 3 rings (SSSR count). The van der Waals surface area contributed by atoms with Gasteiger partial charge in [0, 0.05) is 20.5 Å². The van der Waals surface area contributed by atoms with E-state index in [0.29, 0.717) is 0 Å². The molecule has 1 aliphatic rings. The number of hydrogen-bond donors (Lipinski definition) is 0. The van der Waals surface area contributed by atoms with Crippen LogP contribution in [0.5, 0.6) is 0 Å². The van der Waals surface area contributed by atoms with E-state index in [1.807, 2.05) is 0 Å². The molecule has 1 aromatic carbocycles. The molecule has 0 unspecified atom stereocenters. The van der Waals surface area contributed by atoms with Gasteiger partial charge in [-0.2, -0.15) is 31.6 Å². The summed E-state index contributed by atoms with van der Waals surface area (Å²) in [4.78, 5) is -0.0292. The minimum atomic E-state index is -5.87. The quantitative estimate of drug-likeness (QED) is 0.597. The summed E-state index contributed by atoms with van der Waals surface area (Å²) in [5.74, 6) is -19.7. The van der Waals surface area contributed by atoms with E-state index in [4.69, 9.17) is 5.26 Å². The van der Waals surface area contributed by atoms with Gasteiger partial charge in [0.05, 0.1) is 17.2 Å². The van der Waals surface area contributed by atoms with Crippen LogP contribution in [0.1, 0.15) is 16.0 Å². The number of alkyl halides is 6. The van der Waals surface area contributed by atoms with Crippen molar-refractivity contribution in [2.24, 2.45) is 0 Å². The normalized spacial score (nSPS) is 21.3. The number of hydrogen-bond acceptors (Lipinski definition) is 2. The van der Waals surface area contributed by atoms with Gasteiger partial charge >= 0.3 is 17.8 Å². The summed E-state index contributed by atoms with van der Waals surface area (Å²) in [6.45, 7) is 1.23. The maximum absolute atomic E-state index is 14.0. The number of allylic oxidation sites excluding steroid dienone is 2. The Morgan fingerprint density at radius 2 is 1.67 bits per heavy atom. The lowest BCUT2D eigenvalue weighted by atomic mass is 9.97. The Morgan fingerprint density at radius 1 is 1.04 bits per heavy atom. The van der Waals surface area contributed by atoms with Crippen LogP contribution in [0.15, 0.2) is 24.0 Å². The second kappa shape index (κ2) is 4.72. The van der Waals surface area contributed by atoms with Gasteiger partial charge in [-0.3, -0.25) is 0 Å². The van der Waals surface area contributed by atoms with E-state index in [2.05, 4.69) is 0 Å². The maximum Gasteiger partial charge on any atom is 0.383 e. The van der Waals surface area contributed by atoms with Crippen molar-refractivity contribution in [2.75, 3.05) is 0 Å². The van der Waals surface area contributed by atoms with Gasteiger partial charge in [-0.25, -0.2) is 4.39 Å². The molecule has 0 saturated heterocycles. The average Bonchev–Trinajstić information content (AvgIpc) is 2.85. The molecule has 0 amide bonds. The van der Waals surface area contributed by atoms with Gasteiger partial charge in [0.1, 0.15) is 0 Å². The second-order valence-electron chi connectivity index (χ2n) is 5.27. The number of fused-ring (bicyclic) bond motifs is 1. The first-order valence-electron chi connectivity index (χ1n) is 6.44. The molecule has 24 heavy (non-hydrogen) atoms. The van der Waals surface area contributed by atoms with Crippen molar-refractivity contribution < 1.29 is 30.7 Å². The number of benzene rings is 1. The van der Waals surface area contributed by atoms with Crippen LogP contribution in [0.25, 0.3) is 15.7 Å². The van der Waals surface area contributed by atoms with Crippen LogP contribution in [0.4, 0.5) is 30.7 Å². The van der Waals surface area contributed by atoms with Gasteiger partial charge in [0.2, 0.25) is 0 Å². The topological polar surface area (TPSA) is 23.8 Å². The molecular formula is C15H6F7NS. The van der Waals surface area contributed by atoms with Crippen molar-refractivity contribution in [3.63, 3.8) is 0 Å². The van der Waals surface area contributed by atoms with Gasteiger partial charge in [0.15, 0.2) is 5.83 Å². The van der Waals surface area contributed by atoms with Gasteiger partial charge in [0.25, 0.3) is 0 Å². The Kier molecular flexibility index (Phi) is 3.30. The number of thiophene rings is 1. The highest BCUT2D eigenvalue weighted by Crippen LogP contribution is 2.63. The highest BCUT2D eigenvalue weighted by atomic mass is 32.1. The van der Waals surface area contributed by atoms with Crippen molar-refractivity contribution in [3.8, 4) is 6.07 Å². The third-order valence-electron chi connectivity index (χ3n) is 3.84. The van der Waals surface area contributed by atoms with Crippen LogP contribution in [0.3, 0.4) is 0 Å². The second-order valence-corrected chi connectivity index (χ2v) is 6.52. The van der Waals surface area contributed by atoms with Crippen LogP contribution in [0, 0.1) is 18.3 Å². The lowest BCUT2D eigenvalue weighted by Crippen LogP contribution is -2.48. The molecule has 0 aliphatic heterocycles. The third kappa shape index (κ3) is 1.80. The first-order valence-corrected chi connectivity index (χ1v) is 7.26. The molecule has 0 atom stereocenters. The maximum atomic E-state index is 14.0. The summed E-state index contributed by atoms with van der Waals surface area (Å²) in [7, 11) is 0. The molecule has 0 N–H and O–H groups in total. The Labute approximate surface area is 134 Å². The van der Waals surface area contributed by atoms with E-state index in [0.717, 1.165) is 17.4 Å². The molecule has 126 valence electrons. The molecule has 0 bridgehead atoms. The highest BCUT2D eigenvalue weighted by molar-refractivity contribution is 7.19. The predicted octanol–water partition coefficient (Wildman–Crippen LogP) is 5.68. The molecule has 9 heteroatoms. The lowest BCUT2D eigenvalue weighted by Gasteiger charge is -2.24. The standard InChI is InChI=1S/C15H6F7NS/c1-6-10(8-3-2-7(5-23)4-9(8)24-6)11-12(16)14(19,20)15(21,22)13(11,17)18/h2-4H,1H3. The zero-order valence-electron chi connectivity index (χ0n) is 11.7. The molecular weight excluding hydrogens is 359 g/mol. The SMILES string of the molecule is Cc1sc2cc(C#N)ccc2c1C1=C(F)C(F)(F)C(F)(F)C1(F)F. The fraction of sp³-hybridized carbons (Fsp3) is 0.267. The van der Waals surface area contributed by atoms with Crippen molar-refractivity contribution in [1.29, 1.82) is 5.26 Å². The number of nitriles is 1. The zero-order valence-corrected chi connectivity index (χ0v) is 12.5. The van der Waals surface area contributed by atoms with Crippen molar-refractivity contribution in [3.05, 3.63) is 40.0 Å². The number of nitrogens with zero attached hydrogens (tertiary/aromatic N) is 1. The molecule has 1 heterocycles. The summed E-state index contributed by atoms with van der Waals surface area (Å²) >= 11 is 0.823. The Hall–Kier alpha value is -2.08. The van der Waals surface area contributed by atoms with Crippen LogP contribution in [-0.2, 0) is 0 Å². The fourth-order valence-corrected chi connectivity index (χ4v) is 3.76. The molecule has 2 aromatic rings. The van der Waals surface area contributed by atoms with Gasteiger partial charge in [-0.05, 0) is 19.1 Å². The molecule has 0 fully saturated rings. The minimum absolute atomic E-state index is 0.0292. The predicted molar refractivity (Wildman–Crippen MR) is 74.1 cm³/mol. The van der Waals surface area contributed by atoms with Crippen molar-refractivity contribution in [2.45, 2.75) is 24.7 Å². The van der Waals surface area contributed by atoms with Crippen molar-refractivity contribution in [1.82, 2.24) is 0 Å². The molecule has 1 nitrogen and oxygen atoms in total. The lowest BCUT2D eigenvalue weighted by molar-refractivity contribution is -0.263. The van der Waals surface area contributed by atoms with E-state index < -0.39 is 34.7 Å². The average molecular weight is 365 g/mol.